The van der Waals surface area contributed by atoms with Gasteiger partial charge in [-0.25, -0.2) is 0 Å². The van der Waals surface area contributed by atoms with Crippen LogP contribution in [0.2, 0.25) is 0 Å². The second-order valence-electron chi connectivity index (χ2n) is 9.08. The first-order chi connectivity index (χ1) is 17.0. The van der Waals surface area contributed by atoms with Crippen LogP contribution < -0.4 is 9.64 Å². The van der Waals surface area contributed by atoms with Crippen molar-refractivity contribution in [2.45, 2.75) is 19.8 Å². The number of fused-ring (bicyclic) bond motifs is 1. The summed E-state index contributed by atoms with van der Waals surface area (Å²) in [5, 5.41) is 1.20. The van der Waals surface area contributed by atoms with Gasteiger partial charge in [-0.2, -0.15) is 0 Å². The minimum Gasteiger partial charge on any atom is -0.495 e. The summed E-state index contributed by atoms with van der Waals surface area (Å²) in [6.07, 6.45) is 1.20. The highest BCUT2D eigenvalue weighted by atomic mass is 79.9. The number of rotatable bonds is 6. The number of carbonyl (C=O) groups excluding carboxylic acids is 1. The van der Waals surface area contributed by atoms with Crippen molar-refractivity contribution < 1.29 is 9.53 Å². The van der Waals surface area contributed by atoms with Crippen LogP contribution in [-0.4, -0.2) is 49.1 Å². The lowest BCUT2D eigenvalue weighted by molar-refractivity contribution is -0.131. The zero-order valence-corrected chi connectivity index (χ0v) is 21.8. The Morgan fingerprint density at radius 3 is 2.57 bits per heavy atom. The standard InChI is InChI=1S/C29H30BrN3O2/c1-20-10-12-25-24(18-20)23(29(31-25)21-6-5-7-22(30)19-21)11-13-28(34)33-16-14-32(15-17-33)26-8-3-4-9-27(26)35-2/h3-10,12,18-19,31H,11,13-17H2,1-2H3. The van der Waals surface area contributed by atoms with Crippen molar-refractivity contribution in [1.29, 1.82) is 0 Å². The summed E-state index contributed by atoms with van der Waals surface area (Å²) in [7, 11) is 1.70. The summed E-state index contributed by atoms with van der Waals surface area (Å²) in [5.41, 5.74) is 6.86. The molecule has 0 radical (unpaired) electrons. The third kappa shape index (κ3) is 4.94. The number of methoxy groups -OCH3 is 1. The van der Waals surface area contributed by atoms with E-state index in [0.717, 1.165) is 58.9 Å². The molecular weight excluding hydrogens is 502 g/mol. The molecule has 1 aliphatic heterocycles. The molecule has 0 unspecified atom stereocenters. The molecule has 1 amide bonds. The van der Waals surface area contributed by atoms with Crippen LogP contribution >= 0.6 is 15.9 Å². The third-order valence-electron chi connectivity index (χ3n) is 6.82. The lowest BCUT2D eigenvalue weighted by Gasteiger charge is -2.36. The Hall–Kier alpha value is -3.25. The molecule has 0 saturated carbocycles. The molecule has 35 heavy (non-hydrogen) atoms. The Morgan fingerprint density at radius 2 is 1.80 bits per heavy atom. The number of nitrogens with zero attached hydrogens (tertiary/aromatic N) is 2. The summed E-state index contributed by atoms with van der Waals surface area (Å²) in [6, 6.07) is 22.9. The highest BCUT2D eigenvalue weighted by Gasteiger charge is 2.23. The maximum absolute atomic E-state index is 13.2. The molecule has 2 heterocycles. The molecule has 5 nitrogen and oxygen atoms in total. The fourth-order valence-corrected chi connectivity index (χ4v) is 5.39. The highest BCUT2D eigenvalue weighted by molar-refractivity contribution is 9.10. The number of ether oxygens (including phenoxy) is 1. The van der Waals surface area contributed by atoms with E-state index in [4.69, 9.17) is 4.74 Å². The van der Waals surface area contributed by atoms with Gasteiger partial charge in [0, 0.05) is 53.7 Å². The van der Waals surface area contributed by atoms with E-state index < -0.39 is 0 Å². The number of H-pyrrole nitrogens is 1. The number of nitrogens with one attached hydrogen (secondary N) is 1. The predicted octanol–water partition coefficient (Wildman–Crippen LogP) is 6.20. The Labute approximate surface area is 214 Å². The molecule has 1 aliphatic rings. The number of aromatic amines is 1. The number of aryl methyl sites for hydroxylation is 2. The van der Waals surface area contributed by atoms with Crippen molar-refractivity contribution in [3.63, 3.8) is 0 Å². The predicted molar refractivity (Wildman–Crippen MR) is 146 cm³/mol. The largest absolute Gasteiger partial charge is 0.495 e. The summed E-state index contributed by atoms with van der Waals surface area (Å²) < 4.78 is 6.56. The van der Waals surface area contributed by atoms with Crippen LogP contribution in [0.1, 0.15) is 17.5 Å². The number of benzene rings is 3. The third-order valence-corrected chi connectivity index (χ3v) is 7.32. The van der Waals surface area contributed by atoms with Crippen LogP contribution in [0.25, 0.3) is 22.2 Å². The minimum absolute atomic E-state index is 0.215. The number of anilines is 1. The van der Waals surface area contributed by atoms with Gasteiger partial charge < -0.3 is 19.5 Å². The molecule has 1 fully saturated rings. The van der Waals surface area contributed by atoms with E-state index in [-0.39, 0.29) is 5.91 Å². The van der Waals surface area contributed by atoms with E-state index in [1.165, 1.54) is 16.5 Å². The summed E-state index contributed by atoms with van der Waals surface area (Å²) >= 11 is 3.60. The van der Waals surface area contributed by atoms with Gasteiger partial charge in [0.25, 0.3) is 0 Å². The number of hydrogen-bond donors (Lipinski definition) is 1. The SMILES string of the molecule is COc1ccccc1N1CCN(C(=O)CCc2c(-c3cccc(Br)c3)[nH]c3ccc(C)cc23)CC1. The molecule has 180 valence electrons. The first-order valence-corrected chi connectivity index (χ1v) is 12.9. The van der Waals surface area contributed by atoms with Crippen molar-refractivity contribution in [2.24, 2.45) is 0 Å². The smallest absolute Gasteiger partial charge is 0.223 e. The van der Waals surface area contributed by atoms with Gasteiger partial charge in [-0.1, -0.05) is 51.8 Å². The van der Waals surface area contributed by atoms with Gasteiger partial charge in [0.15, 0.2) is 0 Å². The van der Waals surface area contributed by atoms with Crippen LogP contribution in [0.15, 0.2) is 71.2 Å². The minimum atomic E-state index is 0.215. The molecule has 1 saturated heterocycles. The van der Waals surface area contributed by atoms with Crippen LogP contribution in [-0.2, 0) is 11.2 Å². The number of para-hydroxylation sites is 2. The molecule has 4 aromatic rings. The van der Waals surface area contributed by atoms with Crippen molar-refractivity contribution in [1.82, 2.24) is 9.88 Å². The lowest BCUT2D eigenvalue weighted by atomic mass is 10.00. The zero-order chi connectivity index (χ0) is 24.4. The quantitative estimate of drug-likeness (QED) is 0.322. The average Bonchev–Trinajstić information content (AvgIpc) is 3.25. The van der Waals surface area contributed by atoms with Gasteiger partial charge in [-0.05, 0) is 60.9 Å². The number of piperazine rings is 1. The molecule has 5 rings (SSSR count). The lowest BCUT2D eigenvalue weighted by Crippen LogP contribution is -2.48. The molecule has 0 atom stereocenters. The molecule has 1 aromatic heterocycles. The van der Waals surface area contributed by atoms with Gasteiger partial charge >= 0.3 is 0 Å². The Kier molecular flexibility index (Phi) is 6.82. The number of hydrogen-bond acceptors (Lipinski definition) is 3. The van der Waals surface area contributed by atoms with Gasteiger partial charge in [-0.15, -0.1) is 0 Å². The summed E-state index contributed by atoms with van der Waals surface area (Å²) in [5.74, 6) is 1.09. The Balaban J connectivity index is 1.31. The van der Waals surface area contributed by atoms with E-state index in [1.54, 1.807) is 7.11 Å². The van der Waals surface area contributed by atoms with Crippen molar-refractivity contribution in [2.75, 3.05) is 38.2 Å². The second-order valence-corrected chi connectivity index (χ2v) is 9.99. The van der Waals surface area contributed by atoms with Gasteiger partial charge in [-0.3, -0.25) is 4.79 Å². The van der Waals surface area contributed by atoms with E-state index in [9.17, 15) is 4.79 Å². The molecule has 1 N–H and O–H groups in total. The topological polar surface area (TPSA) is 48.6 Å². The number of amides is 1. The first-order valence-electron chi connectivity index (χ1n) is 12.1. The van der Waals surface area contributed by atoms with Crippen molar-refractivity contribution in [3.8, 4) is 17.0 Å². The maximum atomic E-state index is 13.2. The number of halogens is 1. The summed E-state index contributed by atoms with van der Waals surface area (Å²) in [4.78, 5) is 21.1. The first kappa shape index (κ1) is 23.5. The maximum Gasteiger partial charge on any atom is 0.223 e. The molecule has 3 aromatic carbocycles. The van der Waals surface area contributed by atoms with E-state index in [1.807, 2.05) is 35.2 Å². The van der Waals surface area contributed by atoms with Gasteiger partial charge in [0.2, 0.25) is 5.91 Å². The van der Waals surface area contributed by atoms with Crippen LogP contribution in [0.3, 0.4) is 0 Å². The van der Waals surface area contributed by atoms with E-state index >= 15 is 0 Å². The Bertz CT molecular complexity index is 1360. The molecule has 0 aliphatic carbocycles. The highest BCUT2D eigenvalue weighted by Crippen LogP contribution is 2.33. The van der Waals surface area contributed by atoms with Crippen molar-refractivity contribution >= 4 is 38.4 Å². The van der Waals surface area contributed by atoms with Crippen LogP contribution in [0.5, 0.6) is 5.75 Å². The van der Waals surface area contributed by atoms with Crippen molar-refractivity contribution in [3.05, 3.63) is 82.3 Å². The monoisotopic (exact) mass is 531 g/mol. The van der Waals surface area contributed by atoms with Gasteiger partial charge in [0.1, 0.15) is 5.75 Å². The van der Waals surface area contributed by atoms with Crippen LogP contribution in [0.4, 0.5) is 5.69 Å². The Morgan fingerprint density at radius 1 is 1.00 bits per heavy atom. The summed E-state index contributed by atoms with van der Waals surface area (Å²) in [6.45, 7) is 5.18. The zero-order valence-electron chi connectivity index (χ0n) is 20.2. The average molecular weight is 532 g/mol. The number of carbonyl (C=O) groups is 1. The fourth-order valence-electron chi connectivity index (χ4n) is 4.99. The molecule has 6 heteroatoms. The van der Waals surface area contributed by atoms with E-state index in [0.29, 0.717) is 12.8 Å². The van der Waals surface area contributed by atoms with Gasteiger partial charge in [0.05, 0.1) is 12.8 Å². The normalized spacial score (nSPS) is 13.9. The number of aromatic nitrogens is 1. The van der Waals surface area contributed by atoms with Crippen LogP contribution in [0, 0.1) is 6.92 Å². The van der Waals surface area contributed by atoms with E-state index in [2.05, 4.69) is 69.1 Å². The molecular formula is C29H30BrN3O2. The molecule has 0 spiro atoms. The second kappa shape index (κ2) is 10.2. The molecule has 0 bridgehead atoms. The fraction of sp³-hybridized carbons (Fsp3) is 0.276.